The van der Waals surface area contributed by atoms with Crippen molar-refractivity contribution < 1.29 is 5.11 Å². The third-order valence-corrected chi connectivity index (χ3v) is 1.66. The van der Waals surface area contributed by atoms with E-state index in [-0.39, 0.29) is 10.9 Å². The summed E-state index contributed by atoms with van der Waals surface area (Å²) in [6.07, 6.45) is 1.45. The maximum atomic E-state index is 9.47. The fraction of sp³-hybridized carbons (Fsp3) is 0.111. The van der Waals surface area contributed by atoms with Crippen LogP contribution in [-0.4, -0.2) is 16.4 Å². The van der Waals surface area contributed by atoms with Crippen LogP contribution in [0.3, 0.4) is 0 Å². The fourth-order valence-electron chi connectivity index (χ4n) is 0.928. The molecule has 5 heteroatoms. The number of aryl methyl sites for hydroxylation is 1. The van der Waals surface area contributed by atoms with Crippen LogP contribution in [0.1, 0.15) is 11.1 Å². The first kappa shape index (κ1) is 10.5. The van der Waals surface area contributed by atoms with Crippen molar-refractivity contribution in [2.75, 3.05) is 0 Å². The molecule has 1 aromatic carbocycles. The molecule has 0 aromatic heterocycles. The van der Waals surface area contributed by atoms with Crippen LogP contribution >= 0.6 is 12.2 Å². The lowest BCUT2D eigenvalue weighted by atomic mass is 10.1. The topological polar surface area (TPSA) is 70.6 Å². The highest BCUT2D eigenvalue weighted by molar-refractivity contribution is 7.80. The third kappa shape index (κ3) is 3.02. The average Bonchev–Trinajstić information content (AvgIpc) is 2.08. The van der Waals surface area contributed by atoms with Gasteiger partial charge in [0.1, 0.15) is 5.75 Å². The molecule has 0 aliphatic rings. The Labute approximate surface area is 87.4 Å². The number of phenols is 1. The molecule has 0 aliphatic heterocycles. The molecule has 0 saturated heterocycles. The largest absolute Gasteiger partial charge is 0.507 e. The normalized spacial score (nSPS) is 10.4. The molecule has 0 saturated carbocycles. The van der Waals surface area contributed by atoms with E-state index in [4.69, 9.17) is 5.73 Å². The number of benzene rings is 1. The zero-order valence-electron chi connectivity index (χ0n) is 7.69. The molecule has 4 nitrogen and oxygen atoms in total. The lowest BCUT2D eigenvalue weighted by molar-refractivity contribution is 0.474. The summed E-state index contributed by atoms with van der Waals surface area (Å²) in [5, 5.41) is 13.3. The predicted octanol–water partition coefficient (Wildman–Crippen LogP) is 0.868. The Hall–Kier alpha value is -1.62. The molecule has 0 heterocycles. The smallest absolute Gasteiger partial charge is 0.184 e. The van der Waals surface area contributed by atoms with Crippen LogP contribution in [0, 0.1) is 6.92 Å². The number of thiocarbonyl (C=S) groups is 1. The van der Waals surface area contributed by atoms with Gasteiger partial charge in [0.15, 0.2) is 5.11 Å². The van der Waals surface area contributed by atoms with Crippen molar-refractivity contribution in [3.05, 3.63) is 29.3 Å². The van der Waals surface area contributed by atoms with E-state index in [2.05, 4.69) is 22.7 Å². The van der Waals surface area contributed by atoms with Gasteiger partial charge in [0.05, 0.1) is 6.21 Å². The van der Waals surface area contributed by atoms with E-state index in [1.807, 2.05) is 13.0 Å². The number of aromatic hydroxyl groups is 1. The average molecular weight is 209 g/mol. The van der Waals surface area contributed by atoms with E-state index in [9.17, 15) is 5.11 Å². The molecule has 1 rings (SSSR count). The van der Waals surface area contributed by atoms with Crippen LogP contribution in [0.25, 0.3) is 0 Å². The first-order valence-corrected chi connectivity index (χ1v) is 4.38. The Morgan fingerprint density at radius 3 is 2.93 bits per heavy atom. The van der Waals surface area contributed by atoms with Gasteiger partial charge in [0.2, 0.25) is 0 Å². The summed E-state index contributed by atoms with van der Waals surface area (Å²) >= 11 is 4.55. The highest BCUT2D eigenvalue weighted by Gasteiger charge is 1.96. The molecule has 0 spiro atoms. The lowest BCUT2D eigenvalue weighted by Crippen LogP contribution is -2.23. The zero-order valence-corrected chi connectivity index (χ0v) is 8.51. The van der Waals surface area contributed by atoms with E-state index in [0.29, 0.717) is 5.56 Å². The van der Waals surface area contributed by atoms with Gasteiger partial charge in [-0.1, -0.05) is 6.07 Å². The number of rotatable bonds is 2. The second-order valence-corrected chi connectivity index (χ2v) is 3.24. The van der Waals surface area contributed by atoms with Gasteiger partial charge in [-0.3, -0.25) is 5.43 Å². The number of phenolic OH excluding ortho intramolecular Hbond substituents is 1. The van der Waals surface area contributed by atoms with E-state index in [0.717, 1.165) is 5.56 Å². The molecule has 0 radical (unpaired) electrons. The van der Waals surface area contributed by atoms with E-state index in [1.165, 1.54) is 6.21 Å². The molecule has 0 unspecified atom stereocenters. The van der Waals surface area contributed by atoms with Gasteiger partial charge >= 0.3 is 0 Å². The second kappa shape index (κ2) is 4.57. The Morgan fingerprint density at radius 2 is 2.36 bits per heavy atom. The number of nitrogens with zero attached hydrogens (tertiary/aromatic N) is 1. The summed E-state index contributed by atoms with van der Waals surface area (Å²) in [6, 6.07) is 5.29. The standard InChI is InChI=1S/C9H11N3OS/c1-6-2-3-7(8(13)4-6)5-11-12-9(10)14/h2-5,13H,1H3,(H3,10,12,14)/b11-5+. The van der Waals surface area contributed by atoms with Crippen molar-refractivity contribution in [3.63, 3.8) is 0 Å². The summed E-state index contributed by atoms with van der Waals surface area (Å²) in [4.78, 5) is 0. The van der Waals surface area contributed by atoms with Gasteiger partial charge in [-0.15, -0.1) is 0 Å². The first-order chi connectivity index (χ1) is 6.59. The van der Waals surface area contributed by atoms with Gasteiger partial charge in [-0.25, -0.2) is 0 Å². The number of hydrogen-bond acceptors (Lipinski definition) is 3. The Bertz CT molecular complexity index is 376. The first-order valence-electron chi connectivity index (χ1n) is 3.97. The Kier molecular flexibility index (Phi) is 3.41. The minimum Gasteiger partial charge on any atom is -0.507 e. The van der Waals surface area contributed by atoms with Crippen molar-refractivity contribution in [2.24, 2.45) is 10.8 Å². The van der Waals surface area contributed by atoms with Gasteiger partial charge in [0, 0.05) is 5.56 Å². The lowest BCUT2D eigenvalue weighted by Gasteiger charge is -1.99. The maximum absolute atomic E-state index is 9.47. The van der Waals surface area contributed by atoms with Crippen LogP contribution < -0.4 is 11.2 Å². The van der Waals surface area contributed by atoms with Crippen molar-refractivity contribution in [1.82, 2.24) is 5.43 Å². The van der Waals surface area contributed by atoms with Crippen LogP contribution in [0.5, 0.6) is 5.75 Å². The summed E-state index contributed by atoms with van der Waals surface area (Å²) in [7, 11) is 0. The predicted molar refractivity (Wildman–Crippen MR) is 60.4 cm³/mol. The monoisotopic (exact) mass is 209 g/mol. The van der Waals surface area contributed by atoms with Crippen molar-refractivity contribution in [3.8, 4) is 5.75 Å². The molecule has 14 heavy (non-hydrogen) atoms. The van der Waals surface area contributed by atoms with E-state index < -0.39 is 0 Å². The minimum absolute atomic E-state index is 0.0906. The van der Waals surface area contributed by atoms with Crippen LogP contribution in [0.2, 0.25) is 0 Å². The quantitative estimate of drug-likeness (QED) is 0.384. The number of hydrogen-bond donors (Lipinski definition) is 3. The molecular formula is C9H11N3OS. The highest BCUT2D eigenvalue weighted by Crippen LogP contribution is 2.15. The summed E-state index contributed by atoms with van der Waals surface area (Å²) in [6.45, 7) is 1.90. The van der Waals surface area contributed by atoms with Crippen molar-refractivity contribution in [2.45, 2.75) is 6.92 Å². The van der Waals surface area contributed by atoms with Crippen LogP contribution in [0.4, 0.5) is 0 Å². The van der Waals surface area contributed by atoms with Crippen LogP contribution in [-0.2, 0) is 0 Å². The van der Waals surface area contributed by atoms with Gasteiger partial charge in [-0.2, -0.15) is 5.10 Å². The number of nitrogens with one attached hydrogen (secondary N) is 1. The SMILES string of the molecule is Cc1ccc(/C=N/NC(N)=S)c(O)c1. The minimum atomic E-state index is 0.0906. The zero-order chi connectivity index (χ0) is 10.6. The summed E-state index contributed by atoms with van der Waals surface area (Å²) < 4.78 is 0. The number of hydrazone groups is 1. The Balaban J connectivity index is 2.76. The van der Waals surface area contributed by atoms with E-state index in [1.54, 1.807) is 12.1 Å². The molecule has 0 fully saturated rings. The molecule has 4 N–H and O–H groups in total. The molecule has 0 aliphatic carbocycles. The molecular weight excluding hydrogens is 198 g/mol. The highest BCUT2D eigenvalue weighted by atomic mass is 32.1. The maximum Gasteiger partial charge on any atom is 0.184 e. The van der Waals surface area contributed by atoms with Gasteiger partial charge < -0.3 is 10.8 Å². The van der Waals surface area contributed by atoms with Crippen molar-refractivity contribution in [1.29, 1.82) is 0 Å². The summed E-state index contributed by atoms with van der Waals surface area (Å²) in [5.41, 5.74) is 9.16. The van der Waals surface area contributed by atoms with Crippen LogP contribution in [0.15, 0.2) is 23.3 Å². The third-order valence-electron chi connectivity index (χ3n) is 1.56. The molecule has 0 amide bonds. The Morgan fingerprint density at radius 1 is 1.64 bits per heavy atom. The number of nitrogens with two attached hydrogens (primary N) is 1. The molecule has 0 atom stereocenters. The van der Waals surface area contributed by atoms with Gasteiger partial charge in [-0.05, 0) is 36.8 Å². The van der Waals surface area contributed by atoms with Gasteiger partial charge in [0.25, 0.3) is 0 Å². The second-order valence-electron chi connectivity index (χ2n) is 2.80. The fourth-order valence-corrected chi connectivity index (χ4v) is 0.981. The van der Waals surface area contributed by atoms with Crippen molar-refractivity contribution >= 4 is 23.5 Å². The molecule has 0 bridgehead atoms. The molecule has 74 valence electrons. The molecule has 1 aromatic rings. The van der Waals surface area contributed by atoms with E-state index >= 15 is 0 Å². The summed E-state index contributed by atoms with van der Waals surface area (Å²) in [5.74, 6) is 0.179.